The van der Waals surface area contributed by atoms with Crippen LogP contribution in [0.1, 0.15) is 66.1 Å². The van der Waals surface area contributed by atoms with Gasteiger partial charge in [-0.05, 0) is 80.9 Å². The Morgan fingerprint density at radius 1 is 1.38 bits per heavy atom. The lowest BCUT2D eigenvalue weighted by Crippen LogP contribution is -2.48. The highest BCUT2D eigenvalue weighted by molar-refractivity contribution is 7.14. The van der Waals surface area contributed by atoms with Crippen LogP contribution in [0.4, 0.5) is 0 Å². The largest absolute Gasteiger partial charge is 0.346 e. The summed E-state index contributed by atoms with van der Waals surface area (Å²) < 4.78 is 0. The fraction of sp³-hybridized carbons (Fsp3) is 0.750. The lowest BCUT2D eigenvalue weighted by molar-refractivity contribution is 0.0910. The molecule has 2 unspecified atom stereocenters. The minimum atomic E-state index is 0.0927. The normalized spacial score (nSPS) is 28.5. The molecule has 1 saturated heterocycles. The SMILES string of the molecule is CC(C)C1CCc2sc(C(=O)NC3(C4CCCNC4)CC3)cc2C1. The summed E-state index contributed by atoms with van der Waals surface area (Å²) in [6.45, 7) is 6.85. The molecular weight excluding hydrogens is 316 g/mol. The molecule has 24 heavy (non-hydrogen) atoms. The Labute approximate surface area is 149 Å². The van der Waals surface area contributed by atoms with Crippen LogP contribution in [0.25, 0.3) is 0 Å². The summed E-state index contributed by atoms with van der Waals surface area (Å²) in [5.74, 6) is 2.32. The Morgan fingerprint density at radius 2 is 2.21 bits per heavy atom. The molecule has 4 heteroatoms. The summed E-state index contributed by atoms with van der Waals surface area (Å²) in [5, 5.41) is 6.93. The van der Waals surface area contributed by atoms with Gasteiger partial charge in [0.1, 0.15) is 0 Å². The van der Waals surface area contributed by atoms with Crippen LogP contribution in [0, 0.1) is 17.8 Å². The Morgan fingerprint density at radius 3 is 2.88 bits per heavy atom. The highest BCUT2D eigenvalue weighted by Gasteiger charge is 2.50. The predicted octanol–water partition coefficient (Wildman–Crippen LogP) is 3.77. The number of piperidine rings is 1. The Bertz CT molecular complexity index is 611. The average molecular weight is 347 g/mol. The van der Waals surface area contributed by atoms with Crippen molar-refractivity contribution >= 4 is 17.2 Å². The summed E-state index contributed by atoms with van der Waals surface area (Å²) >= 11 is 1.74. The second kappa shape index (κ2) is 6.45. The molecule has 3 nitrogen and oxygen atoms in total. The first-order valence-corrected chi connectivity index (χ1v) is 10.5. The van der Waals surface area contributed by atoms with Gasteiger partial charge in [0.2, 0.25) is 0 Å². The van der Waals surface area contributed by atoms with E-state index in [9.17, 15) is 4.79 Å². The van der Waals surface area contributed by atoms with E-state index < -0.39 is 0 Å². The third kappa shape index (κ3) is 3.15. The van der Waals surface area contributed by atoms with Gasteiger partial charge in [-0.1, -0.05) is 13.8 Å². The second-order valence-electron chi connectivity index (χ2n) is 8.46. The smallest absolute Gasteiger partial charge is 0.261 e. The van der Waals surface area contributed by atoms with Crippen LogP contribution >= 0.6 is 11.3 Å². The van der Waals surface area contributed by atoms with Crippen molar-refractivity contribution in [3.8, 4) is 0 Å². The first-order valence-electron chi connectivity index (χ1n) is 9.72. The summed E-state index contributed by atoms with van der Waals surface area (Å²) in [4.78, 5) is 15.3. The molecule has 2 aliphatic carbocycles. The monoisotopic (exact) mass is 346 g/mol. The van der Waals surface area contributed by atoms with Crippen molar-refractivity contribution in [3.05, 3.63) is 21.4 Å². The van der Waals surface area contributed by atoms with Gasteiger partial charge in [-0.2, -0.15) is 0 Å². The average Bonchev–Trinajstić information content (AvgIpc) is 3.24. The van der Waals surface area contributed by atoms with Gasteiger partial charge in [-0.3, -0.25) is 4.79 Å². The molecule has 2 N–H and O–H groups in total. The third-order valence-electron chi connectivity index (χ3n) is 6.52. The van der Waals surface area contributed by atoms with Crippen LogP contribution in [-0.4, -0.2) is 24.5 Å². The van der Waals surface area contributed by atoms with Crippen molar-refractivity contribution in [3.63, 3.8) is 0 Å². The molecule has 0 spiro atoms. The number of nitrogens with one attached hydrogen (secondary N) is 2. The van der Waals surface area contributed by atoms with E-state index in [2.05, 4.69) is 30.5 Å². The van der Waals surface area contributed by atoms with E-state index in [0.29, 0.717) is 5.92 Å². The minimum Gasteiger partial charge on any atom is -0.346 e. The number of carbonyl (C=O) groups excluding carboxylic acids is 1. The van der Waals surface area contributed by atoms with Gasteiger partial charge in [0, 0.05) is 17.0 Å². The Hall–Kier alpha value is -0.870. The maximum Gasteiger partial charge on any atom is 0.261 e. The zero-order chi connectivity index (χ0) is 16.7. The van der Waals surface area contributed by atoms with Crippen LogP contribution < -0.4 is 10.6 Å². The molecule has 2 atom stereocenters. The molecule has 1 aliphatic heterocycles. The number of amides is 1. The molecule has 0 radical (unpaired) electrons. The molecule has 132 valence electrons. The van der Waals surface area contributed by atoms with Crippen LogP contribution in [0.3, 0.4) is 0 Å². The molecule has 1 aromatic rings. The van der Waals surface area contributed by atoms with Crippen molar-refractivity contribution in [1.29, 1.82) is 0 Å². The van der Waals surface area contributed by atoms with E-state index in [1.807, 2.05) is 0 Å². The maximum atomic E-state index is 12.9. The molecule has 0 aromatic carbocycles. The molecule has 0 bridgehead atoms. The van der Waals surface area contributed by atoms with Crippen molar-refractivity contribution < 1.29 is 4.79 Å². The number of carbonyl (C=O) groups is 1. The highest BCUT2D eigenvalue weighted by Crippen LogP contribution is 2.45. The van der Waals surface area contributed by atoms with Gasteiger partial charge in [0.05, 0.1) is 4.88 Å². The van der Waals surface area contributed by atoms with Gasteiger partial charge in [-0.25, -0.2) is 0 Å². The third-order valence-corrected chi connectivity index (χ3v) is 7.75. The van der Waals surface area contributed by atoms with E-state index in [0.717, 1.165) is 55.5 Å². The zero-order valence-electron chi connectivity index (χ0n) is 15.0. The van der Waals surface area contributed by atoms with Crippen LogP contribution in [0.5, 0.6) is 0 Å². The first-order chi connectivity index (χ1) is 11.6. The molecule has 1 amide bonds. The van der Waals surface area contributed by atoms with Crippen LogP contribution in [-0.2, 0) is 12.8 Å². The van der Waals surface area contributed by atoms with E-state index in [4.69, 9.17) is 0 Å². The van der Waals surface area contributed by atoms with Crippen molar-refractivity contribution in [2.45, 2.75) is 64.3 Å². The minimum absolute atomic E-state index is 0.0927. The molecule has 3 aliphatic rings. The van der Waals surface area contributed by atoms with Crippen LogP contribution in [0.15, 0.2) is 6.07 Å². The molecule has 4 rings (SSSR count). The highest BCUT2D eigenvalue weighted by atomic mass is 32.1. The topological polar surface area (TPSA) is 41.1 Å². The molecule has 2 heterocycles. The zero-order valence-corrected chi connectivity index (χ0v) is 15.8. The number of rotatable bonds is 4. The van der Waals surface area contributed by atoms with E-state index in [1.165, 1.54) is 29.7 Å². The summed E-state index contributed by atoms with van der Waals surface area (Å²) in [7, 11) is 0. The number of hydrogen-bond donors (Lipinski definition) is 2. The van der Waals surface area contributed by atoms with Crippen molar-refractivity contribution in [2.24, 2.45) is 17.8 Å². The second-order valence-corrected chi connectivity index (χ2v) is 9.60. The Kier molecular flexibility index (Phi) is 4.46. The van der Waals surface area contributed by atoms with Crippen molar-refractivity contribution in [1.82, 2.24) is 10.6 Å². The van der Waals surface area contributed by atoms with Gasteiger partial charge < -0.3 is 10.6 Å². The van der Waals surface area contributed by atoms with Gasteiger partial charge >= 0.3 is 0 Å². The fourth-order valence-corrected chi connectivity index (χ4v) is 5.72. The van der Waals surface area contributed by atoms with Gasteiger partial charge in [-0.15, -0.1) is 11.3 Å². The number of fused-ring (bicyclic) bond motifs is 1. The summed E-state index contributed by atoms with van der Waals surface area (Å²) in [5.41, 5.74) is 1.54. The Balaban J connectivity index is 1.44. The van der Waals surface area contributed by atoms with E-state index in [-0.39, 0.29) is 11.4 Å². The quantitative estimate of drug-likeness (QED) is 0.871. The van der Waals surface area contributed by atoms with Gasteiger partial charge in [0.15, 0.2) is 0 Å². The van der Waals surface area contributed by atoms with Crippen molar-refractivity contribution in [2.75, 3.05) is 13.1 Å². The molecule has 2 fully saturated rings. The standard InChI is InChI=1S/C20H30N2OS/c1-13(2)14-5-6-17-15(10-14)11-18(24-17)19(23)22-20(7-8-20)16-4-3-9-21-12-16/h11,13-14,16,21H,3-10,12H2,1-2H3,(H,22,23). The molecule has 1 aromatic heterocycles. The summed E-state index contributed by atoms with van der Waals surface area (Å²) in [6.07, 6.45) is 8.42. The lowest BCUT2D eigenvalue weighted by Gasteiger charge is -2.31. The lowest BCUT2D eigenvalue weighted by atomic mass is 9.81. The number of aryl methyl sites for hydroxylation is 1. The van der Waals surface area contributed by atoms with Gasteiger partial charge in [0.25, 0.3) is 5.91 Å². The number of thiophene rings is 1. The number of hydrogen-bond acceptors (Lipinski definition) is 3. The van der Waals surface area contributed by atoms with Crippen LogP contribution in [0.2, 0.25) is 0 Å². The predicted molar refractivity (Wildman–Crippen MR) is 99.7 cm³/mol. The van der Waals surface area contributed by atoms with E-state index in [1.54, 1.807) is 11.3 Å². The molecular formula is C20H30N2OS. The molecule has 1 saturated carbocycles. The summed E-state index contributed by atoms with van der Waals surface area (Å²) in [6, 6.07) is 2.19. The fourth-order valence-electron chi connectivity index (χ4n) is 4.61. The van der Waals surface area contributed by atoms with E-state index >= 15 is 0 Å². The first kappa shape index (κ1) is 16.6. The maximum absolute atomic E-state index is 12.9.